The van der Waals surface area contributed by atoms with E-state index in [2.05, 4.69) is 34.6 Å². The highest BCUT2D eigenvalue weighted by molar-refractivity contribution is 4.74. The molecule has 0 amide bonds. The molecule has 0 heterocycles. The third kappa shape index (κ3) is 17.3. The molecule has 2 heteroatoms. The van der Waals surface area contributed by atoms with Gasteiger partial charge in [0.15, 0.2) is 0 Å². The highest BCUT2D eigenvalue weighted by Gasteiger charge is 2.25. The molecule has 0 saturated heterocycles. The summed E-state index contributed by atoms with van der Waals surface area (Å²) in [6.07, 6.45) is 18.9. The fourth-order valence-electron chi connectivity index (χ4n) is 3.18. The molecular weight excluding hydrogens is 320 g/mol. The smallest absolute Gasteiger partial charge is 0.0856 e. The second-order valence-corrected chi connectivity index (χ2v) is 9.04. The van der Waals surface area contributed by atoms with Crippen molar-refractivity contribution >= 4 is 0 Å². The van der Waals surface area contributed by atoms with Crippen LogP contribution in [0, 0.1) is 5.41 Å². The molecule has 0 aromatic rings. The van der Waals surface area contributed by atoms with Gasteiger partial charge in [-0.1, -0.05) is 112 Å². The molecule has 158 valence electrons. The van der Waals surface area contributed by atoms with Gasteiger partial charge in [-0.05, 0) is 18.3 Å². The third-order valence-electron chi connectivity index (χ3n) is 5.19. The van der Waals surface area contributed by atoms with Crippen molar-refractivity contribution in [2.45, 2.75) is 131 Å². The van der Waals surface area contributed by atoms with E-state index in [0.29, 0.717) is 0 Å². The van der Waals surface area contributed by atoms with E-state index in [4.69, 9.17) is 9.47 Å². The van der Waals surface area contributed by atoms with Crippen LogP contribution < -0.4 is 0 Å². The predicted molar refractivity (Wildman–Crippen MR) is 116 cm³/mol. The highest BCUT2D eigenvalue weighted by atomic mass is 16.5. The SMILES string of the molecule is CCCCCCCCCOCC(OCCCCCCCCC)C(C)(C)C. The van der Waals surface area contributed by atoms with E-state index in [1.807, 2.05) is 0 Å². The Morgan fingerprint density at radius 3 is 1.46 bits per heavy atom. The van der Waals surface area contributed by atoms with Crippen LogP contribution in [0.15, 0.2) is 0 Å². The van der Waals surface area contributed by atoms with E-state index >= 15 is 0 Å². The van der Waals surface area contributed by atoms with E-state index in [-0.39, 0.29) is 11.5 Å². The Labute approximate surface area is 165 Å². The van der Waals surface area contributed by atoms with Crippen molar-refractivity contribution in [2.24, 2.45) is 5.41 Å². The molecule has 1 atom stereocenters. The van der Waals surface area contributed by atoms with Crippen LogP contribution in [0.5, 0.6) is 0 Å². The minimum atomic E-state index is 0.154. The summed E-state index contributed by atoms with van der Waals surface area (Å²) < 4.78 is 12.1. The zero-order chi connectivity index (χ0) is 19.5. The van der Waals surface area contributed by atoms with E-state index < -0.39 is 0 Å². The van der Waals surface area contributed by atoms with Gasteiger partial charge in [0.25, 0.3) is 0 Å². The van der Waals surface area contributed by atoms with Crippen LogP contribution in [0.25, 0.3) is 0 Å². The largest absolute Gasteiger partial charge is 0.379 e. The van der Waals surface area contributed by atoms with Crippen molar-refractivity contribution in [3.05, 3.63) is 0 Å². The first-order valence-electron chi connectivity index (χ1n) is 11.7. The Bertz CT molecular complexity index is 270. The lowest BCUT2D eigenvalue weighted by atomic mass is 9.89. The summed E-state index contributed by atoms with van der Waals surface area (Å²) in [6.45, 7) is 13.9. The van der Waals surface area contributed by atoms with E-state index in [1.165, 1.54) is 89.9 Å². The summed E-state index contributed by atoms with van der Waals surface area (Å²) in [5.74, 6) is 0. The first-order chi connectivity index (χ1) is 12.5. The Hall–Kier alpha value is -0.0800. The Morgan fingerprint density at radius 1 is 0.577 bits per heavy atom. The molecule has 2 nitrogen and oxygen atoms in total. The molecule has 0 aromatic heterocycles. The van der Waals surface area contributed by atoms with E-state index in [0.717, 1.165) is 19.8 Å². The average Bonchev–Trinajstić information content (AvgIpc) is 2.59. The van der Waals surface area contributed by atoms with Crippen LogP contribution in [0.3, 0.4) is 0 Å². The van der Waals surface area contributed by atoms with Gasteiger partial charge in [0.2, 0.25) is 0 Å². The Morgan fingerprint density at radius 2 is 1.00 bits per heavy atom. The molecule has 0 rings (SSSR count). The molecule has 0 aliphatic heterocycles. The summed E-state index contributed by atoms with van der Waals surface area (Å²) in [5.41, 5.74) is 0.154. The van der Waals surface area contributed by atoms with Crippen molar-refractivity contribution in [2.75, 3.05) is 19.8 Å². The monoisotopic (exact) mass is 370 g/mol. The lowest BCUT2D eigenvalue weighted by molar-refractivity contribution is -0.0705. The molecule has 0 aliphatic rings. The average molecular weight is 371 g/mol. The topological polar surface area (TPSA) is 18.5 Å². The molecule has 26 heavy (non-hydrogen) atoms. The molecule has 0 radical (unpaired) electrons. The lowest BCUT2D eigenvalue weighted by Crippen LogP contribution is -2.34. The summed E-state index contributed by atoms with van der Waals surface area (Å²) in [7, 11) is 0. The zero-order valence-corrected chi connectivity index (χ0v) is 18.9. The van der Waals surface area contributed by atoms with Crippen LogP contribution in [0.2, 0.25) is 0 Å². The van der Waals surface area contributed by atoms with Gasteiger partial charge in [-0.3, -0.25) is 0 Å². The Balaban J connectivity index is 3.65. The fourth-order valence-corrected chi connectivity index (χ4v) is 3.18. The maximum atomic E-state index is 6.18. The molecule has 0 N–H and O–H groups in total. The summed E-state index contributed by atoms with van der Waals surface area (Å²) in [6, 6.07) is 0. The predicted octanol–water partition coefficient (Wildman–Crippen LogP) is 7.94. The molecular formula is C24H50O2. The van der Waals surface area contributed by atoms with Gasteiger partial charge in [0, 0.05) is 13.2 Å². The van der Waals surface area contributed by atoms with E-state index in [1.54, 1.807) is 0 Å². The quantitative estimate of drug-likeness (QED) is 0.215. The first kappa shape index (κ1) is 25.9. The zero-order valence-electron chi connectivity index (χ0n) is 18.9. The maximum absolute atomic E-state index is 6.18. The van der Waals surface area contributed by atoms with Crippen LogP contribution in [-0.2, 0) is 9.47 Å². The van der Waals surface area contributed by atoms with Gasteiger partial charge < -0.3 is 9.47 Å². The Kier molecular flexibility index (Phi) is 18.2. The number of rotatable bonds is 19. The minimum Gasteiger partial charge on any atom is -0.379 e. The maximum Gasteiger partial charge on any atom is 0.0856 e. The highest BCUT2D eigenvalue weighted by Crippen LogP contribution is 2.23. The number of ether oxygens (including phenoxy) is 2. The van der Waals surface area contributed by atoms with Crippen LogP contribution in [0.1, 0.15) is 125 Å². The molecule has 0 saturated carbocycles. The van der Waals surface area contributed by atoms with Gasteiger partial charge in [-0.25, -0.2) is 0 Å². The van der Waals surface area contributed by atoms with E-state index in [9.17, 15) is 0 Å². The molecule has 0 bridgehead atoms. The lowest BCUT2D eigenvalue weighted by Gasteiger charge is -2.30. The fraction of sp³-hybridized carbons (Fsp3) is 1.00. The van der Waals surface area contributed by atoms with Crippen molar-refractivity contribution in [3.8, 4) is 0 Å². The van der Waals surface area contributed by atoms with Gasteiger partial charge >= 0.3 is 0 Å². The summed E-state index contributed by atoms with van der Waals surface area (Å²) in [5, 5.41) is 0. The van der Waals surface area contributed by atoms with Gasteiger partial charge in [-0.2, -0.15) is 0 Å². The van der Waals surface area contributed by atoms with Crippen molar-refractivity contribution in [1.82, 2.24) is 0 Å². The number of unbranched alkanes of at least 4 members (excludes halogenated alkanes) is 12. The van der Waals surface area contributed by atoms with Crippen molar-refractivity contribution < 1.29 is 9.47 Å². The second kappa shape index (κ2) is 18.3. The standard InChI is InChI=1S/C24H50O2/c1-6-8-10-12-14-16-18-20-25-22-23(24(3,4)5)26-21-19-17-15-13-11-9-7-2/h23H,6-22H2,1-5H3. The third-order valence-corrected chi connectivity index (χ3v) is 5.19. The second-order valence-electron chi connectivity index (χ2n) is 9.04. The molecule has 1 unspecified atom stereocenters. The van der Waals surface area contributed by atoms with Gasteiger partial charge in [0.05, 0.1) is 12.7 Å². The minimum absolute atomic E-state index is 0.154. The molecule has 0 aliphatic carbocycles. The van der Waals surface area contributed by atoms with Crippen LogP contribution >= 0.6 is 0 Å². The molecule has 0 aromatic carbocycles. The van der Waals surface area contributed by atoms with Gasteiger partial charge in [-0.15, -0.1) is 0 Å². The number of hydrogen-bond acceptors (Lipinski definition) is 2. The normalized spacial score (nSPS) is 13.3. The van der Waals surface area contributed by atoms with Crippen LogP contribution in [-0.4, -0.2) is 25.9 Å². The molecule has 0 fully saturated rings. The molecule has 0 spiro atoms. The number of hydrogen-bond donors (Lipinski definition) is 0. The first-order valence-corrected chi connectivity index (χ1v) is 11.7. The summed E-state index contributed by atoms with van der Waals surface area (Å²) >= 11 is 0. The van der Waals surface area contributed by atoms with Crippen molar-refractivity contribution in [3.63, 3.8) is 0 Å². The van der Waals surface area contributed by atoms with Crippen LogP contribution in [0.4, 0.5) is 0 Å². The summed E-state index contributed by atoms with van der Waals surface area (Å²) in [4.78, 5) is 0. The van der Waals surface area contributed by atoms with Gasteiger partial charge in [0.1, 0.15) is 0 Å². The van der Waals surface area contributed by atoms with Crippen molar-refractivity contribution in [1.29, 1.82) is 0 Å².